The number of nitrogens with zero attached hydrogens (tertiary/aromatic N) is 2. The molecule has 7 heteroatoms. The summed E-state index contributed by atoms with van der Waals surface area (Å²) in [7, 11) is 0. The van der Waals surface area contributed by atoms with E-state index in [4.69, 9.17) is 0 Å². The molecule has 1 aromatic heterocycles. The molecule has 6 nitrogen and oxygen atoms in total. The zero-order valence-corrected chi connectivity index (χ0v) is 19.4. The van der Waals surface area contributed by atoms with Crippen molar-refractivity contribution in [2.45, 2.75) is 52.7 Å². The van der Waals surface area contributed by atoms with Crippen LogP contribution in [0.15, 0.2) is 42.6 Å². The zero-order valence-electron chi connectivity index (χ0n) is 19.4. The van der Waals surface area contributed by atoms with Crippen LogP contribution in [-0.4, -0.2) is 45.9 Å². The molecule has 0 unspecified atom stereocenters. The van der Waals surface area contributed by atoms with E-state index in [1.165, 1.54) is 6.07 Å². The number of pyridine rings is 1. The van der Waals surface area contributed by atoms with Gasteiger partial charge in [0.1, 0.15) is 6.04 Å². The minimum absolute atomic E-state index is 0.152. The van der Waals surface area contributed by atoms with Crippen LogP contribution in [-0.2, 0) is 10.4 Å². The van der Waals surface area contributed by atoms with E-state index in [-0.39, 0.29) is 17.4 Å². The Balaban J connectivity index is 1.76. The van der Waals surface area contributed by atoms with Crippen molar-refractivity contribution in [3.8, 4) is 0 Å². The average molecular weight is 442 g/mol. The third-order valence-electron chi connectivity index (χ3n) is 6.50. The molecule has 3 rings (SSSR count). The second-order valence-corrected chi connectivity index (χ2v) is 9.68. The number of hydrogen-bond acceptors (Lipinski definition) is 4. The minimum atomic E-state index is -1.06. The number of nitrogens with one attached hydrogen (secondary N) is 1. The van der Waals surface area contributed by atoms with Crippen molar-refractivity contribution in [2.24, 2.45) is 11.3 Å². The van der Waals surface area contributed by atoms with Crippen molar-refractivity contribution in [3.63, 3.8) is 0 Å². The molecule has 1 aliphatic heterocycles. The fourth-order valence-corrected chi connectivity index (χ4v) is 4.32. The van der Waals surface area contributed by atoms with Crippen LogP contribution in [0.4, 0.5) is 4.39 Å². The first kappa shape index (κ1) is 23.9. The molecule has 1 aliphatic rings. The van der Waals surface area contributed by atoms with Gasteiger partial charge in [0, 0.05) is 24.7 Å². The van der Waals surface area contributed by atoms with Crippen molar-refractivity contribution in [1.82, 2.24) is 15.2 Å². The number of piperidine rings is 1. The van der Waals surface area contributed by atoms with Crippen LogP contribution < -0.4 is 5.32 Å². The van der Waals surface area contributed by atoms with E-state index in [1.807, 2.05) is 58.9 Å². The number of benzene rings is 1. The van der Waals surface area contributed by atoms with Crippen molar-refractivity contribution in [1.29, 1.82) is 0 Å². The molecule has 2 aromatic rings. The third kappa shape index (κ3) is 4.67. The summed E-state index contributed by atoms with van der Waals surface area (Å²) in [5, 5.41) is 14.4. The minimum Gasteiger partial charge on any atom is -0.384 e. The summed E-state index contributed by atoms with van der Waals surface area (Å²) in [5.41, 5.74) is 0.501. The lowest BCUT2D eigenvalue weighted by Crippen LogP contribution is -2.60. The normalized spacial score (nSPS) is 21.3. The maximum atomic E-state index is 13.4. The highest BCUT2D eigenvalue weighted by molar-refractivity contribution is 5.97. The average Bonchev–Trinajstić information content (AvgIpc) is 2.74. The van der Waals surface area contributed by atoms with Gasteiger partial charge in [0.15, 0.2) is 0 Å². The number of aromatic nitrogens is 1. The van der Waals surface area contributed by atoms with Crippen LogP contribution in [0, 0.1) is 24.2 Å². The molecule has 172 valence electrons. The van der Waals surface area contributed by atoms with E-state index in [0.717, 1.165) is 23.4 Å². The summed E-state index contributed by atoms with van der Waals surface area (Å²) in [6.07, 6.45) is 1.55. The Kier molecular flexibility index (Phi) is 6.69. The van der Waals surface area contributed by atoms with Gasteiger partial charge in [-0.25, -0.2) is 4.98 Å². The first-order chi connectivity index (χ1) is 14.9. The topological polar surface area (TPSA) is 82.5 Å². The maximum Gasteiger partial charge on any atom is 0.253 e. The van der Waals surface area contributed by atoms with Crippen molar-refractivity contribution in [2.75, 3.05) is 13.1 Å². The van der Waals surface area contributed by atoms with Crippen molar-refractivity contribution < 1.29 is 19.1 Å². The standard InChI is InChI=1S/C25H32FN3O3/c1-16(2)21(28-22(30)18-8-11-20(26)27-14-18)23(31)29-13-12-25(32,24(4,5)15-29)19-9-6-17(3)7-10-19/h6-11,14,16,21,32H,12-13,15H2,1-5H3,(H,28,30)/t21-,25+/m1/s1. The molecule has 1 saturated heterocycles. The number of halogens is 1. The number of rotatable bonds is 5. The quantitative estimate of drug-likeness (QED) is 0.697. The molecular formula is C25H32FN3O3. The Bertz CT molecular complexity index is 973. The van der Waals surface area contributed by atoms with Gasteiger partial charge in [-0.2, -0.15) is 4.39 Å². The maximum absolute atomic E-state index is 13.4. The van der Waals surface area contributed by atoms with Crippen molar-refractivity contribution >= 4 is 11.8 Å². The summed E-state index contributed by atoms with van der Waals surface area (Å²) < 4.78 is 13.1. The monoisotopic (exact) mass is 441 g/mol. The summed E-state index contributed by atoms with van der Waals surface area (Å²) in [6.45, 7) is 10.4. The molecule has 2 atom stereocenters. The van der Waals surface area contributed by atoms with Gasteiger partial charge in [0.05, 0.1) is 11.2 Å². The molecular weight excluding hydrogens is 409 g/mol. The first-order valence-electron chi connectivity index (χ1n) is 11.0. The Labute approximate surface area is 188 Å². The predicted octanol–water partition coefficient (Wildman–Crippen LogP) is 3.43. The smallest absolute Gasteiger partial charge is 0.253 e. The zero-order chi connectivity index (χ0) is 23.7. The second kappa shape index (κ2) is 8.98. The molecule has 1 aromatic carbocycles. The van der Waals surface area contributed by atoms with Gasteiger partial charge >= 0.3 is 0 Å². The van der Waals surface area contributed by atoms with Crippen LogP contribution in [0.5, 0.6) is 0 Å². The Morgan fingerprint density at radius 3 is 2.34 bits per heavy atom. The highest BCUT2D eigenvalue weighted by Crippen LogP contribution is 2.46. The third-order valence-corrected chi connectivity index (χ3v) is 6.50. The molecule has 1 fully saturated rings. The predicted molar refractivity (Wildman–Crippen MR) is 120 cm³/mol. The summed E-state index contributed by atoms with van der Waals surface area (Å²) in [4.78, 5) is 31.2. The fourth-order valence-electron chi connectivity index (χ4n) is 4.32. The van der Waals surface area contributed by atoms with Gasteiger partial charge in [-0.3, -0.25) is 9.59 Å². The molecule has 0 aliphatic carbocycles. The van der Waals surface area contributed by atoms with Crippen LogP contribution in [0.1, 0.15) is 55.6 Å². The number of likely N-dealkylation sites (tertiary alicyclic amines) is 1. The van der Waals surface area contributed by atoms with Gasteiger partial charge < -0.3 is 15.3 Å². The van der Waals surface area contributed by atoms with E-state index in [0.29, 0.717) is 19.5 Å². The van der Waals surface area contributed by atoms with Gasteiger partial charge in [-0.05, 0) is 37.0 Å². The molecule has 2 N–H and O–H groups in total. The summed E-state index contributed by atoms with van der Waals surface area (Å²) in [5.74, 6) is -1.49. The molecule has 2 heterocycles. The molecule has 2 amide bonds. The SMILES string of the molecule is Cc1ccc([C@@]2(O)CCN(C(=O)[C@H](NC(=O)c3ccc(F)nc3)C(C)C)CC2(C)C)cc1. The first-order valence-corrected chi connectivity index (χ1v) is 11.0. The number of aryl methyl sites for hydroxylation is 1. The van der Waals surface area contributed by atoms with E-state index >= 15 is 0 Å². The fraction of sp³-hybridized carbons (Fsp3) is 0.480. The van der Waals surface area contributed by atoms with Gasteiger partial charge in [0.25, 0.3) is 5.91 Å². The van der Waals surface area contributed by atoms with Crippen LogP contribution in [0.2, 0.25) is 0 Å². The van der Waals surface area contributed by atoms with E-state index in [1.54, 1.807) is 4.90 Å². The highest BCUT2D eigenvalue weighted by Gasteiger charge is 2.50. The molecule has 0 saturated carbocycles. The number of amides is 2. The molecule has 0 radical (unpaired) electrons. The lowest BCUT2D eigenvalue weighted by atomic mass is 9.66. The Morgan fingerprint density at radius 1 is 1.16 bits per heavy atom. The lowest BCUT2D eigenvalue weighted by molar-refractivity contribution is -0.155. The molecule has 0 bridgehead atoms. The van der Waals surface area contributed by atoms with E-state index in [9.17, 15) is 19.1 Å². The Hall–Kier alpha value is -2.80. The number of carbonyl (C=O) groups is 2. The van der Waals surface area contributed by atoms with Gasteiger partial charge in [-0.15, -0.1) is 0 Å². The summed E-state index contributed by atoms with van der Waals surface area (Å²) >= 11 is 0. The van der Waals surface area contributed by atoms with E-state index in [2.05, 4.69) is 10.3 Å². The number of carbonyl (C=O) groups excluding carboxylic acids is 2. The van der Waals surface area contributed by atoms with Crippen LogP contribution in [0.3, 0.4) is 0 Å². The number of hydrogen-bond donors (Lipinski definition) is 2. The van der Waals surface area contributed by atoms with Gasteiger partial charge in [0.2, 0.25) is 11.9 Å². The molecule has 0 spiro atoms. The summed E-state index contributed by atoms with van der Waals surface area (Å²) in [6, 6.07) is 9.57. The second-order valence-electron chi connectivity index (χ2n) is 9.68. The van der Waals surface area contributed by atoms with Crippen molar-refractivity contribution in [3.05, 3.63) is 65.2 Å². The van der Waals surface area contributed by atoms with E-state index < -0.39 is 28.9 Å². The van der Waals surface area contributed by atoms with Gasteiger partial charge in [-0.1, -0.05) is 57.5 Å². The Morgan fingerprint density at radius 2 is 1.81 bits per heavy atom. The van der Waals surface area contributed by atoms with Crippen LogP contribution in [0.25, 0.3) is 0 Å². The number of aliphatic hydroxyl groups is 1. The lowest BCUT2D eigenvalue weighted by Gasteiger charge is -2.51. The molecule has 32 heavy (non-hydrogen) atoms. The highest BCUT2D eigenvalue weighted by atomic mass is 19.1. The largest absolute Gasteiger partial charge is 0.384 e. The van der Waals surface area contributed by atoms with Crippen LogP contribution >= 0.6 is 0 Å².